The Balaban J connectivity index is 3.22. The maximum atomic E-state index is 13.7. The monoisotopic (exact) mass is 725 g/mol. The Labute approximate surface area is 288 Å². The number of imide groups is 3. The van der Waals surface area contributed by atoms with E-state index in [-0.39, 0.29) is 19.7 Å². The number of nitrogens with one attached hydrogen (secondary N) is 2. The van der Waals surface area contributed by atoms with Crippen LogP contribution in [0.2, 0.25) is 0 Å². The quantitative estimate of drug-likeness (QED) is 0.122. The summed E-state index contributed by atoms with van der Waals surface area (Å²) in [6, 6.07) is -8.40. The van der Waals surface area contributed by atoms with E-state index in [9.17, 15) is 51.8 Å². The van der Waals surface area contributed by atoms with E-state index >= 15 is 0 Å². The van der Waals surface area contributed by atoms with Crippen molar-refractivity contribution in [1.82, 2.24) is 35.4 Å². The molecular formula is C29H50F3N9O9. The summed E-state index contributed by atoms with van der Waals surface area (Å²) in [7, 11) is 4.08. The Morgan fingerprint density at radius 1 is 0.860 bits per heavy atom. The average molecular weight is 726 g/mol. The molecule has 0 saturated carbocycles. The molecule has 1 fully saturated rings. The van der Waals surface area contributed by atoms with Crippen LogP contribution in [0.5, 0.6) is 0 Å². The molecule has 1 aliphatic rings. The van der Waals surface area contributed by atoms with Crippen molar-refractivity contribution in [2.24, 2.45) is 11.5 Å². The molecule has 0 radical (unpaired) electrons. The molecule has 1 aliphatic heterocycles. The normalized spacial score (nSPS) is 16.0. The van der Waals surface area contributed by atoms with Gasteiger partial charge in [0.2, 0.25) is 11.8 Å². The van der Waals surface area contributed by atoms with Gasteiger partial charge in [-0.05, 0) is 59.3 Å². The molecule has 1 heterocycles. The molecule has 0 bridgehead atoms. The molecule has 50 heavy (non-hydrogen) atoms. The number of likely N-dealkylation sites (tertiary alicyclic amines) is 1. The summed E-state index contributed by atoms with van der Waals surface area (Å²) in [6.45, 7) is 5.45. The van der Waals surface area contributed by atoms with E-state index in [2.05, 4.69) is 10.7 Å². The molecule has 0 aromatic rings. The number of alkyl halides is 3. The third-order valence-electron chi connectivity index (χ3n) is 7.64. The topological polar surface area (TPSA) is 241 Å². The van der Waals surface area contributed by atoms with Crippen molar-refractivity contribution in [2.75, 3.05) is 47.9 Å². The number of hydrogen-bond acceptors (Lipinski definition) is 11. The van der Waals surface area contributed by atoms with Crippen LogP contribution in [0.25, 0.3) is 0 Å². The minimum absolute atomic E-state index is 0.243. The molecule has 0 aromatic carbocycles. The number of piperidine rings is 1. The summed E-state index contributed by atoms with van der Waals surface area (Å²) in [4.78, 5) is 93.8. The van der Waals surface area contributed by atoms with E-state index in [4.69, 9.17) is 16.2 Å². The second-order valence-electron chi connectivity index (χ2n) is 12.8. The number of hydrogen-bond donors (Lipinski definition) is 5. The standard InChI is InChI=1S/C29H50F3N9O9/c1-28(2,3)50-16-17(33)21(43)38(5)26(48)35-20(24(46)41-14-9-8-10-15-41)23(45)39(6)27(49)40(7)36-18(22(44)37(4)25(34)47)12-11-13-19(42)29(30,31)32/h17-20,36,42H,8-16,33H2,1-7H3,(H2,34,47)(H,35,48)/t17-,18-,19?,20-/m0/s1. The van der Waals surface area contributed by atoms with E-state index in [1.165, 1.54) is 4.90 Å². The van der Waals surface area contributed by atoms with E-state index in [0.717, 1.165) is 34.6 Å². The van der Waals surface area contributed by atoms with Crippen molar-refractivity contribution in [3.8, 4) is 0 Å². The summed E-state index contributed by atoms with van der Waals surface area (Å²) in [6.07, 6.45) is -7.21. The van der Waals surface area contributed by atoms with Gasteiger partial charge in [-0.3, -0.25) is 38.9 Å². The number of aliphatic hydroxyl groups is 1. The lowest BCUT2D eigenvalue weighted by Gasteiger charge is -2.33. The fourth-order valence-corrected chi connectivity index (χ4v) is 4.57. The summed E-state index contributed by atoms with van der Waals surface area (Å²) in [5.41, 5.74) is 12.8. The third-order valence-corrected chi connectivity index (χ3v) is 7.64. The van der Waals surface area contributed by atoms with Gasteiger partial charge in [-0.15, -0.1) is 0 Å². The second kappa shape index (κ2) is 18.8. The van der Waals surface area contributed by atoms with Gasteiger partial charge in [0.15, 0.2) is 6.04 Å². The number of ether oxygens (including phenoxy) is 1. The largest absolute Gasteiger partial charge is 0.414 e. The predicted molar refractivity (Wildman–Crippen MR) is 170 cm³/mol. The van der Waals surface area contributed by atoms with Gasteiger partial charge in [-0.2, -0.15) is 13.2 Å². The SMILES string of the molecule is CN(N[C@@H](CCCC(O)C(F)(F)F)C(=O)N(C)C(N)=O)C(=O)N(C)C(=O)[C@H](NC(=O)N(C)C(=O)[C@@H](N)COC(C)(C)C)C(=O)N1CCCCC1. The number of hydrazine groups is 1. The molecular weight excluding hydrogens is 675 g/mol. The number of primary amides is 1. The summed E-state index contributed by atoms with van der Waals surface area (Å²) >= 11 is 0. The maximum Gasteiger partial charge on any atom is 0.414 e. The van der Waals surface area contributed by atoms with Crippen LogP contribution in [0.4, 0.5) is 27.6 Å². The highest BCUT2D eigenvalue weighted by molar-refractivity contribution is 6.11. The molecule has 7 N–H and O–H groups in total. The number of carbonyl (C=O) groups excluding carboxylic acids is 7. The van der Waals surface area contributed by atoms with Crippen molar-refractivity contribution < 1.29 is 56.6 Å². The van der Waals surface area contributed by atoms with Gasteiger partial charge in [-0.1, -0.05) is 0 Å². The molecule has 0 aliphatic carbocycles. The lowest BCUT2D eigenvalue weighted by molar-refractivity contribution is -0.205. The third kappa shape index (κ3) is 13.3. The zero-order valence-corrected chi connectivity index (χ0v) is 29.4. The molecule has 1 rings (SSSR count). The van der Waals surface area contributed by atoms with Gasteiger partial charge in [0.1, 0.15) is 18.2 Å². The Kier molecular flexibility index (Phi) is 16.5. The van der Waals surface area contributed by atoms with E-state index < -0.39 is 97.0 Å². The number of nitrogens with two attached hydrogens (primary N) is 2. The first-order chi connectivity index (χ1) is 22.9. The number of nitrogens with zero attached hydrogens (tertiary/aromatic N) is 5. The molecule has 4 atom stereocenters. The highest BCUT2D eigenvalue weighted by atomic mass is 19.4. The molecule has 286 valence electrons. The molecule has 1 unspecified atom stereocenters. The van der Waals surface area contributed by atoms with Gasteiger partial charge < -0.3 is 31.5 Å². The Morgan fingerprint density at radius 2 is 1.42 bits per heavy atom. The Hall–Kier alpha value is -4.08. The number of amides is 10. The van der Waals surface area contributed by atoms with Crippen molar-refractivity contribution in [2.45, 2.75) is 95.3 Å². The van der Waals surface area contributed by atoms with Crippen LogP contribution in [-0.4, -0.2) is 155 Å². The van der Waals surface area contributed by atoms with Crippen LogP contribution < -0.4 is 22.2 Å². The minimum atomic E-state index is -4.92. The second-order valence-corrected chi connectivity index (χ2v) is 12.8. The first-order valence-electron chi connectivity index (χ1n) is 15.8. The molecule has 21 heteroatoms. The van der Waals surface area contributed by atoms with Crippen molar-refractivity contribution >= 4 is 41.7 Å². The van der Waals surface area contributed by atoms with Crippen molar-refractivity contribution in [3.05, 3.63) is 0 Å². The minimum Gasteiger partial charge on any atom is -0.384 e. The fraction of sp³-hybridized carbons (Fsp3) is 0.759. The van der Waals surface area contributed by atoms with Crippen LogP contribution in [0.3, 0.4) is 0 Å². The van der Waals surface area contributed by atoms with Crippen LogP contribution in [0.15, 0.2) is 0 Å². The van der Waals surface area contributed by atoms with Gasteiger partial charge in [0, 0.05) is 41.3 Å². The molecule has 10 amide bonds. The highest BCUT2D eigenvalue weighted by Crippen LogP contribution is 2.24. The highest BCUT2D eigenvalue weighted by Gasteiger charge is 2.40. The number of carbonyl (C=O) groups is 7. The predicted octanol–water partition coefficient (Wildman–Crippen LogP) is -0.308. The van der Waals surface area contributed by atoms with Crippen LogP contribution >= 0.6 is 0 Å². The lowest BCUT2D eigenvalue weighted by Crippen LogP contribution is -2.63. The van der Waals surface area contributed by atoms with E-state index in [1.807, 2.05) is 0 Å². The number of urea groups is 3. The summed E-state index contributed by atoms with van der Waals surface area (Å²) < 4.78 is 43.8. The summed E-state index contributed by atoms with van der Waals surface area (Å²) in [5, 5.41) is 12.1. The molecule has 0 spiro atoms. The van der Waals surface area contributed by atoms with Gasteiger partial charge in [-0.25, -0.2) is 19.8 Å². The van der Waals surface area contributed by atoms with Crippen LogP contribution in [0, 0.1) is 0 Å². The molecule has 0 aromatic heterocycles. The first-order valence-corrected chi connectivity index (χ1v) is 15.8. The Bertz CT molecular complexity index is 1240. The average Bonchev–Trinajstić information content (AvgIpc) is 3.05. The smallest absolute Gasteiger partial charge is 0.384 e. The molecule has 18 nitrogen and oxygen atoms in total. The lowest BCUT2D eigenvalue weighted by atomic mass is 10.1. The fourth-order valence-electron chi connectivity index (χ4n) is 4.57. The molecule has 1 saturated heterocycles. The van der Waals surface area contributed by atoms with Gasteiger partial charge in [0.05, 0.1) is 12.2 Å². The number of rotatable bonds is 13. The van der Waals surface area contributed by atoms with Gasteiger partial charge in [0.25, 0.3) is 11.8 Å². The van der Waals surface area contributed by atoms with Gasteiger partial charge >= 0.3 is 24.3 Å². The number of aliphatic hydroxyl groups excluding tert-OH is 1. The van der Waals surface area contributed by atoms with E-state index in [0.29, 0.717) is 32.6 Å². The zero-order chi connectivity index (χ0) is 38.7. The van der Waals surface area contributed by atoms with Crippen molar-refractivity contribution in [1.29, 1.82) is 0 Å². The zero-order valence-electron chi connectivity index (χ0n) is 29.4. The van der Waals surface area contributed by atoms with E-state index in [1.54, 1.807) is 20.8 Å². The summed E-state index contributed by atoms with van der Waals surface area (Å²) in [5.74, 6) is -4.04. The van der Waals surface area contributed by atoms with Crippen LogP contribution in [0.1, 0.15) is 59.3 Å². The maximum absolute atomic E-state index is 13.7. The first kappa shape index (κ1) is 43.9. The number of halogens is 3. The number of likely N-dealkylation sites (N-methyl/N-ethyl adjacent to an activating group) is 3. The Morgan fingerprint density at radius 3 is 1.92 bits per heavy atom. The van der Waals surface area contributed by atoms with Crippen molar-refractivity contribution in [3.63, 3.8) is 0 Å². The van der Waals surface area contributed by atoms with Crippen LogP contribution in [-0.2, 0) is 23.9 Å².